The lowest BCUT2D eigenvalue weighted by atomic mass is 10.1. The normalized spacial score (nSPS) is 11.2. The fourth-order valence-electron chi connectivity index (χ4n) is 2.37. The molecule has 0 saturated carbocycles. The zero-order valence-corrected chi connectivity index (χ0v) is 13.8. The van der Waals surface area contributed by atoms with Crippen molar-refractivity contribution in [2.45, 2.75) is 0 Å². The Morgan fingerprint density at radius 2 is 2.04 bits per heavy atom. The van der Waals surface area contributed by atoms with Crippen LogP contribution in [0.3, 0.4) is 0 Å². The van der Waals surface area contributed by atoms with Crippen molar-refractivity contribution in [3.63, 3.8) is 0 Å². The number of aromatic nitrogens is 2. The third kappa shape index (κ3) is 3.16. The average Bonchev–Trinajstić information content (AvgIpc) is 2.95. The van der Waals surface area contributed by atoms with Crippen LogP contribution in [-0.4, -0.2) is 31.8 Å². The van der Waals surface area contributed by atoms with Gasteiger partial charge in [0.25, 0.3) is 0 Å². The second-order valence-electron chi connectivity index (χ2n) is 5.22. The van der Waals surface area contributed by atoms with Gasteiger partial charge < -0.3 is 9.72 Å². The van der Waals surface area contributed by atoms with Crippen molar-refractivity contribution < 1.29 is 13.2 Å². The van der Waals surface area contributed by atoms with Gasteiger partial charge in [-0.2, -0.15) is 5.26 Å². The van der Waals surface area contributed by atoms with Gasteiger partial charge >= 0.3 is 0 Å². The highest BCUT2D eigenvalue weighted by Crippen LogP contribution is 2.32. The van der Waals surface area contributed by atoms with Gasteiger partial charge in [-0.05, 0) is 30.3 Å². The smallest absolute Gasteiger partial charge is 0.229 e. The average molecular weight is 342 g/mol. The van der Waals surface area contributed by atoms with E-state index in [1.54, 1.807) is 36.4 Å². The van der Waals surface area contributed by atoms with E-state index in [1.807, 2.05) is 0 Å². The number of benzene rings is 2. The second-order valence-corrected chi connectivity index (χ2v) is 6.97. The van der Waals surface area contributed by atoms with Gasteiger partial charge in [-0.1, -0.05) is 0 Å². The Labute approximate surface area is 139 Å². The minimum atomic E-state index is -3.37. The number of aromatic amines is 1. The first-order valence-electron chi connectivity index (χ1n) is 6.95. The molecule has 24 heavy (non-hydrogen) atoms. The summed E-state index contributed by atoms with van der Waals surface area (Å²) in [7, 11) is -1.87. The zero-order valence-electron chi connectivity index (χ0n) is 13.0. The summed E-state index contributed by atoms with van der Waals surface area (Å²) < 4.78 is 30.4. The Balaban J connectivity index is 2.07. The van der Waals surface area contributed by atoms with Crippen LogP contribution in [0.15, 0.2) is 36.4 Å². The first-order chi connectivity index (χ1) is 11.4. The van der Waals surface area contributed by atoms with Crippen molar-refractivity contribution in [2.24, 2.45) is 0 Å². The van der Waals surface area contributed by atoms with Crippen LogP contribution in [0.4, 0.5) is 5.69 Å². The molecule has 0 fully saturated rings. The van der Waals surface area contributed by atoms with E-state index >= 15 is 0 Å². The number of nitrogens with one attached hydrogen (secondary N) is 2. The van der Waals surface area contributed by atoms with Crippen LogP contribution in [0.1, 0.15) is 5.56 Å². The van der Waals surface area contributed by atoms with Crippen LogP contribution in [0.25, 0.3) is 22.4 Å². The molecule has 0 unspecified atom stereocenters. The lowest BCUT2D eigenvalue weighted by molar-refractivity contribution is 0.416. The molecule has 1 aromatic heterocycles. The van der Waals surface area contributed by atoms with Gasteiger partial charge in [0.1, 0.15) is 11.6 Å². The highest BCUT2D eigenvalue weighted by Gasteiger charge is 2.13. The number of H-pyrrole nitrogens is 1. The summed E-state index contributed by atoms with van der Waals surface area (Å²) in [6.45, 7) is 0. The summed E-state index contributed by atoms with van der Waals surface area (Å²) in [6, 6.07) is 12.2. The quantitative estimate of drug-likeness (QED) is 0.757. The summed E-state index contributed by atoms with van der Waals surface area (Å²) in [6.07, 6.45) is 1.08. The van der Waals surface area contributed by atoms with Crippen molar-refractivity contribution in [3.8, 4) is 23.2 Å². The summed E-state index contributed by atoms with van der Waals surface area (Å²) in [5.74, 6) is 1.05. The lowest BCUT2D eigenvalue weighted by Crippen LogP contribution is -2.09. The highest BCUT2D eigenvalue weighted by atomic mass is 32.2. The van der Waals surface area contributed by atoms with Crippen molar-refractivity contribution in [1.82, 2.24) is 9.97 Å². The Bertz CT molecular complexity index is 1060. The van der Waals surface area contributed by atoms with Gasteiger partial charge in [0.05, 0.1) is 47.3 Å². The SMILES string of the molecule is COc1cc(NS(C)(=O)=O)ccc1-c1nc2cc(C#N)ccc2[nH]1. The molecule has 3 rings (SSSR count). The van der Waals surface area contributed by atoms with E-state index in [2.05, 4.69) is 20.8 Å². The number of methoxy groups -OCH3 is 1. The van der Waals surface area contributed by atoms with Crippen molar-refractivity contribution in [1.29, 1.82) is 5.26 Å². The Morgan fingerprint density at radius 3 is 2.71 bits per heavy atom. The molecule has 0 spiro atoms. The summed E-state index contributed by atoms with van der Waals surface area (Å²) >= 11 is 0. The van der Waals surface area contributed by atoms with Crippen LogP contribution >= 0.6 is 0 Å². The van der Waals surface area contributed by atoms with Crippen LogP contribution in [-0.2, 0) is 10.0 Å². The molecule has 2 aromatic carbocycles. The maximum atomic E-state index is 11.3. The fourth-order valence-corrected chi connectivity index (χ4v) is 2.92. The number of sulfonamides is 1. The van der Waals surface area contributed by atoms with Crippen molar-refractivity contribution in [2.75, 3.05) is 18.1 Å². The van der Waals surface area contributed by atoms with E-state index in [0.29, 0.717) is 33.9 Å². The topological polar surface area (TPSA) is 108 Å². The van der Waals surface area contributed by atoms with Crippen molar-refractivity contribution in [3.05, 3.63) is 42.0 Å². The fraction of sp³-hybridized carbons (Fsp3) is 0.125. The van der Waals surface area contributed by atoms with E-state index in [0.717, 1.165) is 11.8 Å². The van der Waals surface area contributed by atoms with Crippen molar-refractivity contribution >= 4 is 26.7 Å². The molecule has 0 atom stereocenters. The van der Waals surface area contributed by atoms with Crippen LogP contribution in [0.5, 0.6) is 5.75 Å². The maximum Gasteiger partial charge on any atom is 0.229 e. The third-order valence-electron chi connectivity index (χ3n) is 3.37. The molecule has 8 heteroatoms. The number of rotatable bonds is 4. The van der Waals surface area contributed by atoms with Gasteiger partial charge in [-0.3, -0.25) is 4.72 Å². The van der Waals surface area contributed by atoms with Gasteiger partial charge in [-0.15, -0.1) is 0 Å². The van der Waals surface area contributed by atoms with Crippen LogP contribution < -0.4 is 9.46 Å². The summed E-state index contributed by atoms with van der Waals surface area (Å²) in [5.41, 5.74) is 3.08. The Hall–Kier alpha value is -3.05. The minimum absolute atomic E-state index is 0.404. The van der Waals surface area contributed by atoms with E-state index in [1.165, 1.54) is 7.11 Å². The number of nitrogens with zero attached hydrogens (tertiary/aromatic N) is 2. The lowest BCUT2D eigenvalue weighted by Gasteiger charge is -2.09. The second kappa shape index (κ2) is 5.86. The predicted octanol–water partition coefficient (Wildman–Crippen LogP) is 2.48. The number of ether oxygens (including phenoxy) is 1. The molecule has 0 aliphatic rings. The van der Waals surface area contributed by atoms with E-state index in [-0.39, 0.29) is 0 Å². The molecule has 0 saturated heterocycles. The third-order valence-corrected chi connectivity index (χ3v) is 3.98. The molecule has 1 heterocycles. The monoisotopic (exact) mass is 342 g/mol. The molecular formula is C16H14N4O3S. The van der Waals surface area contributed by atoms with Crippen LogP contribution in [0, 0.1) is 11.3 Å². The van der Waals surface area contributed by atoms with Gasteiger partial charge in [0, 0.05) is 6.07 Å². The van der Waals surface area contributed by atoms with Gasteiger partial charge in [0.2, 0.25) is 10.0 Å². The molecule has 7 nitrogen and oxygen atoms in total. The first-order valence-corrected chi connectivity index (χ1v) is 8.85. The molecule has 2 N–H and O–H groups in total. The van der Waals surface area contributed by atoms with Gasteiger partial charge in [0.15, 0.2) is 0 Å². The largest absolute Gasteiger partial charge is 0.496 e. The highest BCUT2D eigenvalue weighted by molar-refractivity contribution is 7.92. The van der Waals surface area contributed by atoms with E-state index in [9.17, 15) is 8.42 Å². The molecule has 0 aliphatic heterocycles. The van der Waals surface area contributed by atoms with E-state index < -0.39 is 10.0 Å². The van der Waals surface area contributed by atoms with Crippen LogP contribution in [0.2, 0.25) is 0 Å². The number of fused-ring (bicyclic) bond motifs is 1. The summed E-state index contributed by atoms with van der Waals surface area (Å²) in [4.78, 5) is 7.65. The zero-order chi connectivity index (χ0) is 17.3. The van der Waals surface area contributed by atoms with E-state index in [4.69, 9.17) is 10.00 Å². The van der Waals surface area contributed by atoms with Gasteiger partial charge in [-0.25, -0.2) is 13.4 Å². The standard InChI is InChI=1S/C16H14N4O3S/c1-23-15-8-11(20-24(2,21)22)4-5-12(15)16-18-13-6-3-10(9-17)7-14(13)19-16/h3-8,20H,1-2H3,(H,18,19). The molecular weight excluding hydrogens is 328 g/mol. The maximum absolute atomic E-state index is 11.3. The number of anilines is 1. The molecule has 0 bridgehead atoms. The minimum Gasteiger partial charge on any atom is -0.496 e. The molecule has 0 aliphatic carbocycles. The molecule has 0 radical (unpaired) electrons. The molecule has 3 aromatic rings. The first kappa shape index (κ1) is 15.8. The Kier molecular flexibility index (Phi) is 3.87. The predicted molar refractivity (Wildman–Crippen MR) is 91.3 cm³/mol. The molecule has 122 valence electrons. The number of imidazole rings is 1. The summed E-state index contributed by atoms with van der Waals surface area (Å²) in [5, 5.41) is 8.96. The molecule has 0 amide bonds. The Morgan fingerprint density at radius 1 is 1.25 bits per heavy atom. The number of hydrogen-bond acceptors (Lipinski definition) is 5. The number of nitriles is 1. The number of hydrogen-bond donors (Lipinski definition) is 2.